The monoisotopic (exact) mass is 264 g/mol. The van der Waals surface area contributed by atoms with E-state index in [9.17, 15) is 4.79 Å². The van der Waals surface area contributed by atoms with Crippen LogP contribution < -0.4 is 10.1 Å². The molecule has 1 aromatic carbocycles. The van der Waals surface area contributed by atoms with Crippen LogP contribution in [0, 0.1) is 0 Å². The molecule has 5 nitrogen and oxygen atoms in total. The predicted octanol–water partition coefficient (Wildman–Crippen LogP) is 1.09. The Labute approximate surface area is 113 Å². The molecule has 1 fully saturated rings. The van der Waals surface area contributed by atoms with Gasteiger partial charge in [0.1, 0.15) is 5.75 Å². The van der Waals surface area contributed by atoms with Gasteiger partial charge in [0.25, 0.3) is 0 Å². The van der Waals surface area contributed by atoms with Gasteiger partial charge in [-0.2, -0.15) is 0 Å². The molecule has 2 N–H and O–H groups in total. The zero-order chi connectivity index (χ0) is 13.7. The van der Waals surface area contributed by atoms with Gasteiger partial charge in [0.2, 0.25) is 5.91 Å². The number of nitrogens with one attached hydrogen (secondary N) is 1. The Bertz CT molecular complexity index is 432. The van der Waals surface area contributed by atoms with E-state index >= 15 is 0 Å². The normalized spacial score (nSPS) is 14.5. The lowest BCUT2D eigenvalue weighted by Crippen LogP contribution is -2.36. The molecule has 104 valence electrons. The van der Waals surface area contributed by atoms with Crippen molar-refractivity contribution in [1.29, 1.82) is 0 Å². The van der Waals surface area contributed by atoms with Crippen molar-refractivity contribution in [1.82, 2.24) is 4.90 Å². The third-order valence-corrected chi connectivity index (χ3v) is 3.18. The number of rotatable bonds is 7. The van der Waals surface area contributed by atoms with Gasteiger partial charge < -0.3 is 15.2 Å². The van der Waals surface area contributed by atoms with Gasteiger partial charge in [-0.25, -0.2) is 0 Å². The van der Waals surface area contributed by atoms with Gasteiger partial charge in [-0.05, 0) is 25.0 Å². The fourth-order valence-electron chi connectivity index (χ4n) is 2.08. The maximum absolute atomic E-state index is 12.0. The van der Waals surface area contributed by atoms with Crippen molar-refractivity contribution in [2.24, 2.45) is 0 Å². The molecule has 5 heteroatoms. The molecular weight excluding hydrogens is 244 g/mol. The molecule has 0 spiro atoms. The molecule has 0 unspecified atom stereocenters. The SMILES string of the molecule is COc1ccccc1NC(=O)CN(CCO)C1CC1. The average molecular weight is 264 g/mol. The topological polar surface area (TPSA) is 61.8 Å². The van der Waals surface area contributed by atoms with Crippen LogP contribution in [0.5, 0.6) is 5.75 Å². The van der Waals surface area contributed by atoms with E-state index in [4.69, 9.17) is 9.84 Å². The number of nitrogens with zero attached hydrogens (tertiary/aromatic N) is 1. The molecular formula is C14H20N2O3. The Hall–Kier alpha value is -1.59. The fraction of sp³-hybridized carbons (Fsp3) is 0.500. The minimum absolute atomic E-state index is 0.0788. The highest BCUT2D eigenvalue weighted by Crippen LogP contribution is 2.27. The highest BCUT2D eigenvalue weighted by molar-refractivity contribution is 5.93. The zero-order valence-corrected chi connectivity index (χ0v) is 11.1. The summed E-state index contributed by atoms with van der Waals surface area (Å²) in [5.74, 6) is 0.570. The van der Waals surface area contributed by atoms with Gasteiger partial charge in [-0.15, -0.1) is 0 Å². The van der Waals surface area contributed by atoms with E-state index in [1.54, 1.807) is 7.11 Å². The first-order chi connectivity index (χ1) is 9.24. The van der Waals surface area contributed by atoms with Crippen molar-refractivity contribution in [3.05, 3.63) is 24.3 Å². The van der Waals surface area contributed by atoms with Crippen LogP contribution in [0.3, 0.4) is 0 Å². The Morgan fingerprint density at radius 3 is 2.84 bits per heavy atom. The predicted molar refractivity (Wildman–Crippen MR) is 73.3 cm³/mol. The summed E-state index contributed by atoms with van der Waals surface area (Å²) in [7, 11) is 1.58. The van der Waals surface area contributed by atoms with E-state index in [1.165, 1.54) is 0 Å². The second-order valence-electron chi connectivity index (χ2n) is 4.67. The van der Waals surface area contributed by atoms with Crippen LogP contribution in [0.1, 0.15) is 12.8 Å². The summed E-state index contributed by atoms with van der Waals surface area (Å²) in [5.41, 5.74) is 0.676. The van der Waals surface area contributed by atoms with Crippen molar-refractivity contribution in [3.63, 3.8) is 0 Å². The number of carbonyl (C=O) groups is 1. The Balaban J connectivity index is 1.92. The second kappa shape index (κ2) is 6.54. The molecule has 19 heavy (non-hydrogen) atoms. The fourth-order valence-corrected chi connectivity index (χ4v) is 2.08. The van der Waals surface area contributed by atoms with Crippen LogP contribution in [-0.2, 0) is 4.79 Å². The second-order valence-corrected chi connectivity index (χ2v) is 4.67. The Kier molecular flexibility index (Phi) is 4.76. The molecule has 2 rings (SSSR count). The maximum atomic E-state index is 12.0. The third kappa shape index (κ3) is 3.94. The number of methoxy groups -OCH3 is 1. The number of hydrogen-bond acceptors (Lipinski definition) is 4. The van der Waals surface area contributed by atoms with Crippen molar-refractivity contribution >= 4 is 11.6 Å². The van der Waals surface area contributed by atoms with Crippen LogP contribution in [-0.4, -0.2) is 48.8 Å². The van der Waals surface area contributed by atoms with Crippen LogP contribution in [0.4, 0.5) is 5.69 Å². The number of amides is 1. The first-order valence-corrected chi connectivity index (χ1v) is 6.52. The van der Waals surface area contributed by atoms with Crippen LogP contribution >= 0.6 is 0 Å². The van der Waals surface area contributed by atoms with Gasteiger partial charge in [-0.3, -0.25) is 9.69 Å². The van der Waals surface area contributed by atoms with Crippen LogP contribution in [0.25, 0.3) is 0 Å². The molecule has 0 radical (unpaired) electrons. The number of benzene rings is 1. The summed E-state index contributed by atoms with van der Waals surface area (Å²) in [6.07, 6.45) is 2.23. The van der Waals surface area contributed by atoms with E-state index in [1.807, 2.05) is 29.2 Å². The minimum Gasteiger partial charge on any atom is -0.495 e. The molecule has 1 amide bonds. The first-order valence-electron chi connectivity index (χ1n) is 6.52. The molecule has 1 saturated carbocycles. The summed E-state index contributed by atoms with van der Waals surface area (Å²) in [5, 5.41) is 11.9. The Morgan fingerprint density at radius 2 is 2.21 bits per heavy atom. The first kappa shape index (κ1) is 13.8. The van der Waals surface area contributed by atoms with Crippen molar-refractivity contribution < 1.29 is 14.6 Å². The number of anilines is 1. The Morgan fingerprint density at radius 1 is 1.47 bits per heavy atom. The van der Waals surface area contributed by atoms with E-state index < -0.39 is 0 Å². The lowest BCUT2D eigenvalue weighted by molar-refractivity contribution is -0.117. The molecule has 1 aliphatic carbocycles. The molecule has 0 bridgehead atoms. The van der Waals surface area contributed by atoms with Crippen molar-refractivity contribution in [3.8, 4) is 5.75 Å². The van der Waals surface area contributed by atoms with E-state index in [0.29, 0.717) is 30.6 Å². The smallest absolute Gasteiger partial charge is 0.238 e. The number of aliphatic hydroxyl groups is 1. The maximum Gasteiger partial charge on any atom is 0.238 e. The standard InChI is InChI=1S/C14H20N2O3/c1-19-13-5-3-2-4-12(13)15-14(18)10-16(8-9-17)11-6-7-11/h2-5,11,17H,6-10H2,1H3,(H,15,18). The number of para-hydroxylation sites is 2. The van der Waals surface area contributed by atoms with Gasteiger partial charge in [0.05, 0.1) is 25.9 Å². The quantitative estimate of drug-likeness (QED) is 0.774. The molecule has 0 heterocycles. The van der Waals surface area contributed by atoms with Crippen molar-refractivity contribution in [2.75, 3.05) is 32.1 Å². The molecule has 0 aromatic heterocycles. The number of ether oxygens (including phenoxy) is 1. The number of hydrogen-bond donors (Lipinski definition) is 2. The largest absolute Gasteiger partial charge is 0.495 e. The highest BCUT2D eigenvalue weighted by atomic mass is 16.5. The van der Waals surface area contributed by atoms with Gasteiger partial charge in [0, 0.05) is 12.6 Å². The van der Waals surface area contributed by atoms with E-state index in [-0.39, 0.29) is 12.5 Å². The molecule has 0 atom stereocenters. The van der Waals surface area contributed by atoms with Gasteiger partial charge >= 0.3 is 0 Å². The average Bonchev–Trinajstić information content (AvgIpc) is 3.23. The van der Waals surface area contributed by atoms with Crippen LogP contribution in [0.15, 0.2) is 24.3 Å². The summed E-state index contributed by atoms with van der Waals surface area (Å²) < 4.78 is 5.19. The molecule has 0 aliphatic heterocycles. The number of carbonyl (C=O) groups excluding carboxylic acids is 1. The number of aliphatic hydroxyl groups excluding tert-OH is 1. The summed E-state index contributed by atoms with van der Waals surface area (Å²) >= 11 is 0. The third-order valence-electron chi connectivity index (χ3n) is 3.18. The lowest BCUT2D eigenvalue weighted by atomic mass is 10.3. The lowest BCUT2D eigenvalue weighted by Gasteiger charge is -2.20. The summed E-state index contributed by atoms with van der Waals surface area (Å²) in [6, 6.07) is 7.78. The zero-order valence-electron chi connectivity index (χ0n) is 11.1. The van der Waals surface area contributed by atoms with E-state index in [0.717, 1.165) is 12.8 Å². The minimum atomic E-state index is -0.0788. The summed E-state index contributed by atoms with van der Waals surface area (Å²) in [4.78, 5) is 14.0. The van der Waals surface area contributed by atoms with Gasteiger partial charge in [-0.1, -0.05) is 12.1 Å². The summed E-state index contributed by atoms with van der Waals surface area (Å²) in [6.45, 7) is 0.936. The van der Waals surface area contributed by atoms with E-state index in [2.05, 4.69) is 5.32 Å². The van der Waals surface area contributed by atoms with Gasteiger partial charge in [0.15, 0.2) is 0 Å². The van der Waals surface area contributed by atoms with Crippen LogP contribution in [0.2, 0.25) is 0 Å². The molecule has 1 aliphatic rings. The molecule has 1 aromatic rings. The molecule has 0 saturated heterocycles. The highest BCUT2D eigenvalue weighted by Gasteiger charge is 2.29. The van der Waals surface area contributed by atoms with Crippen molar-refractivity contribution in [2.45, 2.75) is 18.9 Å².